The fourth-order valence-electron chi connectivity index (χ4n) is 2.56. The molecule has 19 heavy (non-hydrogen) atoms. The molecule has 5 nitrogen and oxygen atoms in total. The van der Waals surface area contributed by atoms with Gasteiger partial charge in [-0.25, -0.2) is 0 Å². The van der Waals surface area contributed by atoms with Gasteiger partial charge in [0.1, 0.15) is 11.5 Å². The molecule has 0 bridgehead atoms. The van der Waals surface area contributed by atoms with Crippen LogP contribution >= 0.6 is 0 Å². The van der Waals surface area contributed by atoms with Crippen LogP contribution < -0.4 is 0 Å². The number of amides is 1. The molecule has 1 aliphatic rings. The zero-order chi connectivity index (χ0) is 14.0. The molecule has 2 rings (SSSR count). The van der Waals surface area contributed by atoms with E-state index < -0.39 is 0 Å². The van der Waals surface area contributed by atoms with Crippen molar-refractivity contribution in [3.05, 3.63) is 23.8 Å². The van der Waals surface area contributed by atoms with Crippen molar-refractivity contribution in [2.24, 2.45) is 0 Å². The van der Waals surface area contributed by atoms with Crippen LogP contribution in [-0.2, 0) is 0 Å². The van der Waals surface area contributed by atoms with Crippen LogP contribution in [0.25, 0.3) is 0 Å². The van der Waals surface area contributed by atoms with E-state index >= 15 is 0 Å². The van der Waals surface area contributed by atoms with Gasteiger partial charge in [-0.05, 0) is 45.1 Å². The summed E-state index contributed by atoms with van der Waals surface area (Å²) in [6.07, 6.45) is 1.95. The van der Waals surface area contributed by atoms with Crippen molar-refractivity contribution in [1.82, 2.24) is 9.80 Å². The molecular formula is C14H20N2O3. The fourth-order valence-corrected chi connectivity index (χ4v) is 2.56. The Morgan fingerprint density at radius 1 is 1.42 bits per heavy atom. The second-order valence-corrected chi connectivity index (χ2v) is 5.26. The monoisotopic (exact) mass is 264 g/mol. The summed E-state index contributed by atoms with van der Waals surface area (Å²) in [6, 6.07) is 4.21. The van der Waals surface area contributed by atoms with Gasteiger partial charge < -0.3 is 20.0 Å². The Morgan fingerprint density at radius 3 is 2.84 bits per heavy atom. The van der Waals surface area contributed by atoms with E-state index in [1.165, 1.54) is 18.2 Å². The lowest BCUT2D eigenvalue weighted by atomic mass is 10.1. The first-order valence-electron chi connectivity index (χ1n) is 6.46. The van der Waals surface area contributed by atoms with Crippen LogP contribution in [0.15, 0.2) is 18.2 Å². The normalized spacial score (nSPS) is 19.1. The number of hydrogen-bond acceptors (Lipinski definition) is 4. The summed E-state index contributed by atoms with van der Waals surface area (Å²) in [5, 5.41) is 19.2. The molecule has 0 spiro atoms. The van der Waals surface area contributed by atoms with Crippen LogP contribution in [-0.4, -0.2) is 59.1 Å². The molecule has 1 heterocycles. The largest absolute Gasteiger partial charge is 0.508 e. The lowest BCUT2D eigenvalue weighted by Gasteiger charge is -2.27. The van der Waals surface area contributed by atoms with Crippen LogP contribution in [0.4, 0.5) is 0 Å². The zero-order valence-electron chi connectivity index (χ0n) is 11.3. The van der Waals surface area contributed by atoms with E-state index in [4.69, 9.17) is 0 Å². The van der Waals surface area contributed by atoms with Crippen molar-refractivity contribution >= 4 is 5.91 Å². The third kappa shape index (κ3) is 2.98. The van der Waals surface area contributed by atoms with Crippen LogP contribution in [0.5, 0.6) is 11.5 Å². The van der Waals surface area contributed by atoms with Gasteiger partial charge in [-0.2, -0.15) is 0 Å². The predicted molar refractivity (Wildman–Crippen MR) is 72.4 cm³/mol. The third-order valence-corrected chi connectivity index (χ3v) is 3.42. The van der Waals surface area contributed by atoms with Gasteiger partial charge in [0.25, 0.3) is 5.91 Å². The Bertz CT molecular complexity index is 474. The first-order valence-corrected chi connectivity index (χ1v) is 6.46. The van der Waals surface area contributed by atoms with Gasteiger partial charge in [-0.15, -0.1) is 0 Å². The maximum Gasteiger partial charge on any atom is 0.258 e. The molecule has 0 aromatic heterocycles. The molecule has 1 aromatic rings. The summed E-state index contributed by atoms with van der Waals surface area (Å²) >= 11 is 0. The number of hydrogen-bond donors (Lipinski definition) is 2. The number of likely N-dealkylation sites (N-methyl/N-ethyl adjacent to an activating group) is 1. The minimum Gasteiger partial charge on any atom is -0.508 e. The number of rotatable bonds is 3. The topological polar surface area (TPSA) is 64.0 Å². The van der Waals surface area contributed by atoms with E-state index in [-0.39, 0.29) is 29.0 Å². The molecule has 1 atom stereocenters. The molecule has 1 unspecified atom stereocenters. The van der Waals surface area contributed by atoms with Gasteiger partial charge in [0.2, 0.25) is 0 Å². The van der Waals surface area contributed by atoms with Gasteiger partial charge >= 0.3 is 0 Å². The van der Waals surface area contributed by atoms with Crippen LogP contribution in [0.2, 0.25) is 0 Å². The van der Waals surface area contributed by atoms with E-state index in [9.17, 15) is 15.0 Å². The number of phenols is 2. The van der Waals surface area contributed by atoms with Crippen molar-refractivity contribution in [3.63, 3.8) is 0 Å². The Hall–Kier alpha value is -1.75. The molecule has 104 valence electrons. The van der Waals surface area contributed by atoms with Crippen molar-refractivity contribution in [2.45, 2.75) is 18.9 Å². The van der Waals surface area contributed by atoms with Gasteiger partial charge in [0.15, 0.2) is 0 Å². The first kappa shape index (κ1) is 13.7. The minimum absolute atomic E-state index is 0.00972. The molecule has 1 saturated heterocycles. The molecule has 1 amide bonds. The highest BCUT2D eigenvalue weighted by molar-refractivity contribution is 5.97. The maximum absolute atomic E-state index is 12.4. The summed E-state index contributed by atoms with van der Waals surface area (Å²) in [5.41, 5.74) is 0.172. The molecule has 0 aliphatic carbocycles. The number of phenolic OH excluding ortho intramolecular Hbond substituents is 2. The third-order valence-electron chi connectivity index (χ3n) is 3.42. The van der Waals surface area contributed by atoms with Gasteiger partial charge in [0.05, 0.1) is 5.56 Å². The van der Waals surface area contributed by atoms with Gasteiger partial charge in [-0.3, -0.25) is 4.79 Å². The van der Waals surface area contributed by atoms with E-state index in [0.29, 0.717) is 6.54 Å². The maximum atomic E-state index is 12.4. The number of carbonyl (C=O) groups excluding carboxylic acids is 1. The van der Waals surface area contributed by atoms with Gasteiger partial charge in [-0.1, -0.05) is 0 Å². The van der Waals surface area contributed by atoms with Crippen molar-refractivity contribution in [1.29, 1.82) is 0 Å². The molecule has 2 N–H and O–H groups in total. The lowest BCUT2D eigenvalue weighted by molar-refractivity contribution is 0.0713. The predicted octanol–water partition coefficient (Wildman–Crippen LogP) is 1.26. The van der Waals surface area contributed by atoms with E-state index in [1.54, 1.807) is 4.90 Å². The van der Waals surface area contributed by atoms with Crippen LogP contribution in [0.3, 0.4) is 0 Å². The number of benzene rings is 1. The average Bonchev–Trinajstić information content (AvgIpc) is 2.78. The summed E-state index contributed by atoms with van der Waals surface area (Å²) in [4.78, 5) is 16.3. The molecule has 0 saturated carbocycles. The molecule has 1 fully saturated rings. The minimum atomic E-state index is -0.210. The summed E-state index contributed by atoms with van der Waals surface area (Å²) in [5.74, 6) is -0.305. The van der Waals surface area contributed by atoms with Gasteiger partial charge in [0, 0.05) is 19.1 Å². The zero-order valence-corrected chi connectivity index (χ0v) is 11.3. The number of aromatic hydroxyl groups is 2. The molecule has 1 aromatic carbocycles. The Labute approximate surface area is 113 Å². The Balaban J connectivity index is 2.20. The second-order valence-electron chi connectivity index (χ2n) is 5.26. The number of likely N-dealkylation sites (tertiary alicyclic amines) is 1. The molecule has 5 heteroatoms. The van der Waals surface area contributed by atoms with Crippen molar-refractivity contribution in [2.75, 3.05) is 27.2 Å². The van der Waals surface area contributed by atoms with Crippen molar-refractivity contribution in [3.8, 4) is 11.5 Å². The highest BCUT2D eigenvalue weighted by Crippen LogP contribution is 2.27. The molecule has 0 radical (unpaired) electrons. The van der Waals surface area contributed by atoms with Crippen LogP contribution in [0, 0.1) is 0 Å². The Morgan fingerprint density at radius 2 is 2.16 bits per heavy atom. The summed E-state index contributed by atoms with van der Waals surface area (Å²) in [6.45, 7) is 1.51. The standard InChI is InChI=1S/C14H20N2O3/c1-15(2)9-10-4-3-7-16(10)14(19)12-8-11(17)5-6-13(12)18/h5-6,8,10,17-18H,3-4,7,9H2,1-2H3. The quantitative estimate of drug-likeness (QED) is 0.807. The molecule has 1 aliphatic heterocycles. The van der Waals surface area contributed by atoms with E-state index in [0.717, 1.165) is 19.4 Å². The second kappa shape index (κ2) is 5.48. The first-order chi connectivity index (χ1) is 8.99. The molecular weight excluding hydrogens is 244 g/mol. The highest BCUT2D eigenvalue weighted by atomic mass is 16.3. The van der Waals surface area contributed by atoms with Crippen molar-refractivity contribution < 1.29 is 15.0 Å². The van der Waals surface area contributed by atoms with E-state index in [1.807, 2.05) is 14.1 Å². The lowest BCUT2D eigenvalue weighted by Crippen LogP contribution is -2.41. The number of carbonyl (C=O) groups is 1. The summed E-state index contributed by atoms with van der Waals surface area (Å²) in [7, 11) is 3.96. The SMILES string of the molecule is CN(C)CC1CCCN1C(=O)c1cc(O)ccc1O. The highest BCUT2D eigenvalue weighted by Gasteiger charge is 2.30. The smallest absolute Gasteiger partial charge is 0.258 e. The summed E-state index contributed by atoms with van der Waals surface area (Å²) < 4.78 is 0. The fraction of sp³-hybridized carbons (Fsp3) is 0.500. The number of nitrogens with zero attached hydrogens (tertiary/aromatic N) is 2. The average molecular weight is 264 g/mol. The van der Waals surface area contributed by atoms with Crippen LogP contribution in [0.1, 0.15) is 23.2 Å². The van der Waals surface area contributed by atoms with E-state index in [2.05, 4.69) is 4.90 Å². The Kier molecular flexibility index (Phi) is 3.95.